The van der Waals surface area contributed by atoms with Gasteiger partial charge in [0.2, 0.25) is 0 Å². The van der Waals surface area contributed by atoms with Crippen molar-refractivity contribution in [2.75, 3.05) is 19.6 Å². The first kappa shape index (κ1) is 15.8. The quantitative estimate of drug-likeness (QED) is 0.853. The summed E-state index contributed by atoms with van der Waals surface area (Å²) in [5.74, 6) is -0.953. The zero-order chi connectivity index (χ0) is 14.6. The molecular formula is C14H26N2O3. The van der Waals surface area contributed by atoms with Crippen molar-refractivity contribution in [3.8, 4) is 0 Å². The standard InChI is InChI=1S/C14H26N2O3/c1-5-11(2)16(10-12(17)18)13(19)15-8-6-14(3,4)7-9-15/h11H,5-10H2,1-4H3,(H,17,18). The van der Waals surface area contributed by atoms with E-state index >= 15 is 0 Å². The van der Waals surface area contributed by atoms with Crippen LogP contribution in [0.15, 0.2) is 0 Å². The molecule has 19 heavy (non-hydrogen) atoms. The van der Waals surface area contributed by atoms with Crippen molar-refractivity contribution in [1.82, 2.24) is 9.80 Å². The fraction of sp³-hybridized carbons (Fsp3) is 0.857. The van der Waals surface area contributed by atoms with E-state index in [0.29, 0.717) is 0 Å². The molecular weight excluding hydrogens is 244 g/mol. The van der Waals surface area contributed by atoms with E-state index in [2.05, 4.69) is 13.8 Å². The van der Waals surface area contributed by atoms with Crippen LogP contribution in [0.3, 0.4) is 0 Å². The van der Waals surface area contributed by atoms with Crippen LogP contribution in [0.5, 0.6) is 0 Å². The highest BCUT2D eigenvalue weighted by Gasteiger charge is 2.32. The van der Waals surface area contributed by atoms with Crippen LogP contribution in [0.4, 0.5) is 4.79 Å². The van der Waals surface area contributed by atoms with E-state index < -0.39 is 5.97 Å². The van der Waals surface area contributed by atoms with Crippen LogP contribution < -0.4 is 0 Å². The summed E-state index contributed by atoms with van der Waals surface area (Å²) in [5.41, 5.74) is 0.283. The van der Waals surface area contributed by atoms with Crippen molar-refractivity contribution in [2.24, 2.45) is 5.41 Å². The Morgan fingerprint density at radius 2 is 1.84 bits per heavy atom. The van der Waals surface area contributed by atoms with Crippen molar-refractivity contribution in [1.29, 1.82) is 0 Å². The Balaban J connectivity index is 2.69. The molecule has 1 rings (SSSR count). The van der Waals surface area contributed by atoms with Gasteiger partial charge in [0, 0.05) is 19.1 Å². The summed E-state index contributed by atoms with van der Waals surface area (Å²) in [6, 6.07) is -0.175. The van der Waals surface area contributed by atoms with Gasteiger partial charge >= 0.3 is 12.0 Å². The minimum absolute atomic E-state index is 0.0430. The predicted molar refractivity (Wildman–Crippen MR) is 74.1 cm³/mol. The second-order valence-corrected chi connectivity index (χ2v) is 6.21. The van der Waals surface area contributed by atoms with Crippen LogP contribution in [-0.2, 0) is 4.79 Å². The summed E-state index contributed by atoms with van der Waals surface area (Å²) in [4.78, 5) is 26.6. The molecule has 0 aromatic heterocycles. The Hall–Kier alpha value is -1.26. The molecule has 0 saturated carbocycles. The van der Waals surface area contributed by atoms with Crippen molar-refractivity contribution in [3.05, 3.63) is 0 Å². The average Bonchev–Trinajstić information content (AvgIpc) is 2.34. The number of likely N-dealkylation sites (tertiary alicyclic amines) is 1. The lowest BCUT2D eigenvalue weighted by molar-refractivity contribution is -0.138. The fourth-order valence-electron chi connectivity index (χ4n) is 2.26. The monoisotopic (exact) mass is 270 g/mol. The second kappa shape index (κ2) is 6.26. The maximum atomic E-state index is 12.4. The normalized spacial score (nSPS) is 19.9. The number of carboxylic acids is 1. The molecule has 1 saturated heterocycles. The highest BCUT2D eigenvalue weighted by atomic mass is 16.4. The fourth-order valence-corrected chi connectivity index (χ4v) is 2.26. The average molecular weight is 270 g/mol. The van der Waals surface area contributed by atoms with Gasteiger partial charge in [-0.15, -0.1) is 0 Å². The van der Waals surface area contributed by atoms with Gasteiger partial charge in [-0.3, -0.25) is 4.79 Å². The number of carbonyl (C=O) groups excluding carboxylic acids is 1. The molecule has 1 N–H and O–H groups in total. The summed E-state index contributed by atoms with van der Waals surface area (Å²) in [6.07, 6.45) is 2.71. The van der Waals surface area contributed by atoms with E-state index in [1.54, 1.807) is 4.90 Å². The number of carboxylic acid groups (broad SMARTS) is 1. The lowest BCUT2D eigenvalue weighted by Gasteiger charge is -2.40. The minimum Gasteiger partial charge on any atom is -0.480 e. The van der Waals surface area contributed by atoms with Crippen LogP contribution in [-0.4, -0.2) is 52.6 Å². The van der Waals surface area contributed by atoms with E-state index in [1.165, 1.54) is 4.90 Å². The van der Waals surface area contributed by atoms with Gasteiger partial charge in [0.1, 0.15) is 6.54 Å². The molecule has 1 fully saturated rings. The van der Waals surface area contributed by atoms with E-state index in [1.807, 2.05) is 13.8 Å². The molecule has 1 aliphatic heterocycles. The molecule has 1 aliphatic rings. The van der Waals surface area contributed by atoms with Gasteiger partial charge in [0.25, 0.3) is 0 Å². The van der Waals surface area contributed by atoms with Crippen molar-refractivity contribution in [2.45, 2.75) is 53.0 Å². The Morgan fingerprint density at radius 1 is 1.32 bits per heavy atom. The van der Waals surface area contributed by atoms with Gasteiger partial charge in [-0.2, -0.15) is 0 Å². The number of carbonyl (C=O) groups is 2. The molecule has 0 bridgehead atoms. The lowest BCUT2D eigenvalue weighted by atomic mass is 9.83. The van der Waals surface area contributed by atoms with Crippen LogP contribution in [0.2, 0.25) is 0 Å². The molecule has 110 valence electrons. The molecule has 0 radical (unpaired) electrons. The number of hydrogen-bond acceptors (Lipinski definition) is 2. The van der Waals surface area contributed by atoms with Gasteiger partial charge in [-0.25, -0.2) is 4.79 Å². The van der Waals surface area contributed by atoms with E-state index in [-0.39, 0.29) is 24.0 Å². The zero-order valence-corrected chi connectivity index (χ0v) is 12.5. The molecule has 1 atom stereocenters. The van der Waals surface area contributed by atoms with Crippen LogP contribution in [0.25, 0.3) is 0 Å². The van der Waals surface area contributed by atoms with Gasteiger partial charge in [0.15, 0.2) is 0 Å². The Labute approximate surface area is 115 Å². The van der Waals surface area contributed by atoms with Gasteiger partial charge in [-0.05, 0) is 31.6 Å². The first-order chi connectivity index (χ1) is 8.76. The molecule has 5 heteroatoms. The highest BCUT2D eigenvalue weighted by Crippen LogP contribution is 2.30. The third-order valence-corrected chi connectivity index (χ3v) is 4.06. The SMILES string of the molecule is CCC(C)N(CC(=O)O)C(=O)N1CCC(C)(C)CC1. The predicted octanol–water partition coefficient (Wildman–Crippen LogP) is 2.41. The number of amides is 2. The van der Waals surface area contributed by atoms with E-state index in [4.69, 9.17) is 5.11 Å². The number of rotatable bonds is 4. The summed E-state index contributed by atoms with van der Waals surface area (Å²) in [5, 5.41) is 8.95. The first-order valence-electron chi connectivity index (χ1n) is 7.04. The van der Waals surface area contributed by atoms with Gasteiger partial charge in [-0.1, -0.05) is 20.8 Å². The number of aliphatic carboxylic acids is 1. The first-order valence-corrected chi connectivity index (χ1v) is 7.04. The molecule has 0 aromatic rings. The molecule has 2 amide bonds. The summed E-state index contributed by atoms with van der Waals surface area (Å²) >= 11 is 0. The molecule has 1 unspecified atom stereocenters. The summed E-state index contributed by atoms with van der Waals surface area (Å²) < 4.78 is 0. The highest BCUT2D eigenvalue weighted by molar-refractivity contribution is 5.80. The number of nitrogens with zero attached hydrogens (tertiary/aromatic N) is 2. The third-order valence-electron chi connectivity index (χ3n) is 4.06. The second-order valence-electron chi connectivity index (χ2n) is 6.21. The smallest absolute Gasteiger partial charge is 0.323 e. The topological polar surface area (TPSA) is 60.9 Å². The van der Waals surface area contributed by atoms with Gasteiger partial charge in [0.05, 0.1) is 0 Å². The Kier molecular flexibility index (Phi) is 5.20. The van der Waals surface area contributed by atoms with Crippen molar-refractivity contribution >= 4 is 12.0 Å². The minimum atomic E-state index is -0.953. The molecule has 1 heterocycles. The number of piperidine rings is 1. The number of urea groups is 1. The third kappa shape index (κ3) is 4.40. The summed E-state index contributed by atoms with van der Waals surface area (Å²) in [7, 11) is 0. The van der Waals surface area contributed by atoms with Crippen LogP contribution >= 0.6 is 0 Å². The van der Waals surface area contributed by atoms with Crippen LogP contribution in [0, 0.1) is 5.41 Å². The van der Waals surface area contributed by atoms with E-state index in [0.717, 1.165) is 32.4 Å². The molecule has 0 aromatic carbocycles. The van der Waals surface area contributed by atoms with E-state index in [9.17, 15) is 9.59 Å². The Bertz CT molecular complexity index is 332. The molecule has 0 aliphatic carbocycles. The molecule has 5 nitrogen and oxygen atoms in total. The van der Waals surface area contributed by atoms with Crippen molar-refractivity contribution < 1.29 is 14.7 Å². The maximum Gasteiger partial charge on any atom is 0.323 e. The lowest BCUT2D eigenvalue weighted by Crippen LogP contribution is -2.52. The zero-order valence-electron chi connectivity index (χ0n) is 12.5. The summed E-state index contributed by atoms with van der Waals surface area (Å²) in [6.45, 7) is 9.50. The van der Waals surface area contributed by atoms with Crippen LogP contribution in [0.1, 0.15) is 47.0 Å². The van der Waals surface area contributed by atoms with Crippen molar-refractivity contribution in [3.63, 3.8) is 0 Å². The molecule has 0 spiro atoms. The van der Waals surface area contributed by atoms with Gasteiger partial charge < -0.3 is 14.9 Å². The largest absolute Gasteiger partial charge is 0.480 e. The number of hydrogen-bond donors (Lipinski definition) is 1. The maximum absolute atomic E-state index is 12.4. The Morgan fingerprint density at radius 3 is 2.26 bits per heavy atom.